The highest BCUT2D eigenvalue weighted by molar-refractivity contribution is 9.10. The summed E-state index contributed by atoms with van der Waals surface area (Å²) in [6.07, 6.45) is 0. The Bertz CT molecular complexity index is 1500. The summed E-state index contributed by atoms with van der Waals surface area (Å²) >= 11 is 3.77. The van der Waals surface area contributed by atoms with E-state index in [1.807, 2.05) is 0 Å². The first-order valence-corrected chi connectivity index (χ1v) is 14.6. The lowest BCUT2D eigenvalue weighted by Crippen LogP contribution is -2.25. The molecule has 1 aliphatic heterocycles. The molecule has 0 radical (unpaired) electrons. The number of para-hydroxylation sites is 2. The second kappa shape index (κ2) is 8.99. The van der Waals surface area contributed by atoms with Crippen LogP contribution in [-0.4, -0.2) is 0 Å². The van der Waals surface area contributed by atoms with Crippen molar-refractivity contribution in [1.29, 1.82) is 0 Å². The fourth-order valence-electron chi connectivity index (χ4n) is 5.38. The van der Waals surface area contributed by atoms with Gasteiger partial charge in [-0.1, -0.05) is 103 Å². The lowest BCUT2D eigenvalue weighted by Gasteiger charge is -2.45. The van der Waals surface area contributed by atoms with E-state index in [2.05, 4.69) is 157 Å². The minimum atomic E-state index is -1.88. The number of benzene rings is 5. The van der Waals surface area contributed by atoms with Gasteiger partial charge in [-0.15, -0.1) is 10.0 Å². The van der Waals surface area contributed by atoms with Gasteiger partial charge < -0.3 is 4.74 Å². The summed E-state index contributed by atoms with van der Waals surface area (Å²) in [7, 11) is -1.88. The maximum absolute atomic E-state index is 6.85. The Kier molecular flexibility index (Phi) is 5.78. The Balaban J connectivity index is 1.76. The minimum absolute atomic E-state index is 0.185. The average molecular weight is 552 g/mol. The van der Waals surface area contributed by atoms with Crippen molar-refractivity contribution in [3.05, 3.63) is 143 Å². The molecule has 0 aromatic heterocycles. The average Bonchev–Trinajstić information content (AvgIpc) is 2.91. The summed E-state index contributed by atoms with van der Waals surface area (Å²) < 4.78 is 7.92. The zero-order chi connectivity index (χ0) is 24.8. The van der Waals surface area contributed by atoms with Gasteiger partial charge in [0, 0.05) is 40.6 Å². The van der Waals surface area contributed by atoms with Crippen LogP contribution in [0.25, 0.3) is 0 Å². The molecule has 1 nitrogen and oxygen atoms in total. The molecule has 0 saturated carbocycles. The molecule has 5 aromatic carbocycles. The molecular weight excluding hydrogens is 524 g/mol. The predicted molar refractivity (Wildman–Crippen MR) is 153 cm³/mol. The molecular formula is C33H27BrOS. The third-order valence-corrected chi connectivity index (χ3v) is 11.5. The number of ether oxygens (including phenoxy) is 1. The van der Waals surface area contributed by atoms with Gasteiger partial charge in [-0.3, -0.25) is 0 Å². The van der Waals surface area contributed by atoms with Gasteiger partial charge in [0.25, 0.3) is 0 Å². The first-order chi connectivity index (χ1) is 17.5. The molecule has 0 aliphatic carbocycles. The van der Waals surface area contributed by atoms with Gasteiger partial charge in [-0.25, -0.2) is 0 Å². The number of hydrogen-bond donors (Lipinski definition) is 0. The molecule has 0 fully saturated rings. The molecule has 0 N–H and O–H groups in total. The summed E-state index contributed by atoms with van der Waals surface area (Å²) in [5.41, 5.74) is 2.25. The largest absolute Gasteiger partial charge is 0.456 e. The van der Waals surface area contributed by atoms with E-state index in [9.17, 15) is 0 Å². The zero-order valence-corrected chi connectivity index (χ0v) is 22.7. The van der Waals surface area contributed by atoms with Crippen molar-refractivity contribution >= 4 is 26.0 Å². The molecule has 5 aromatic rings. The molecule has 3 heteroatoms. The fourth-order valence-corrected chi connectivity index (χ4v) is 9.94. The monoisotopic (exact) mass is 550 g/mol. The highest BCUT2D eigenvalue weighted by atomic mass is 79.9. The van der Waals surface area contributed by atoms with Crippen molar-refractivity contribution < 1.29 is 4.74 Å². The Morgan fingerprint density at radius 2 is 1.14 bits per heavy atom. The Morgan fingerprint density at radius 3 is 1.81 bits per heavy atom. The van der Waals surface area contributed by atoms with Crippen molar-refractivity contribution in [2.45, 2.75) is 38.8 Å². The number of halogens is 1. The van der Waals surface area contributed by atoms with Gasteiger partial charge >= 0.3 is 0 Å². The van der Waals surface area contributed by atoms with E-state index in [0.717, 1.165) is 16.0 Å². The van der Waals surface area contributed by atoms with Crippen LogP contribution >= 0.6 is 26.0 Å². The topological polar surface area (TPSA) is 9.23 Å². The lowest BCUT2D eigenvalue weighted by atomic mass is 9.76. The summed E-state index contributed by atoms with van der Waals surface area (Å²) in [5.74, 6) is 1.91. The molecule has 6 rings (SSSR count). The molecule has 1 heterocycles. The van der Waals surface area contributed by atoms with Gasteiger partial charge in [0.2, 0.25) is 0 Å². The number of hydrogen-bond acceptors (Lipinski definition) is 1. The summed E-state index contributed by atoms with van der Waals surface area (Å²) in [6, 6.07) is 45.8. The van der Waals surface area contributed by atoms with E-state index in [4.69, 9.17) is 4.74 Å². The molecule has 0 bridgehead atoms. The van der Waals surface area contributed by atoms with Crippen molar-refractivity contribution in [3.63, 3.8) is 0 Å². The van der Waals surface area contributed by atoms with Crippen LogP contribution in [0.5, 0.6) is 11.5 Å². The lowest BCUT2D eigenvalue weighted by molar-refractivity contribution is 0.408. The normalized spacial score (nSPS) is 14.3. The van der Waals surface area contributed by atoms with E-state index in [0.29, 0.717) is 0 Å². The number of fused-ring (bicyclic) bond motifs is 2. The van der Waals surface area contributed by atoms with E-state index in [-0.39, 0.29) is 5.41 Å². The van der Waals surface area contributed by atoms with Crippen LogP contribution in [0.4, 0.5) is 0 Å². The SMILES string of the molecule is CC1(C)c2ccccc2Oc2c1cccc2S(c1ccccc1)(c1ccccc1)c1cccc(Br)c1. The molecule has 0 atom stereocenters. The van der Waals surface area contributed by atoms with E-state index < -0.39 is 10.0 Å². The van der Waals surface area contributed by atoms with E-state index >= 15 is 0 Å². The molecule has 1 aliphatic rings. The first-order valence-electron chi connectivity index (χ1n) is 12.1. The maximum Gasteiger partial charge on any atom is 0.144 e. The predicted octanol–water partition coefficient (Wildman–Crippen LogP) is 10.2. The van der Waals surface area contributed by atoms with Gasteiger partial charge in [0.05, 0.1) is 0 Å². The summed E-state index contributed by atoms with van der Waals surface area (Å²) in [6.45, 7) is 4.61. The number of rotatable bonds is 4. The van der Waals surface area contributed by atoms with Crippen molar-refractivity contribution in [1.82, 2.24) is 0 Å². The first kappa shape index (κ1) is 23.1. The van der Waals surface area contributed by atoms with Crippen molar-refractivity contribution in [3.8, 4) is 11.5 Å². The van der Waals surface area contributed by atoms with Crippen LogP contribution in [0, 0.1) is 0 Å². The van der Waals surface area contributed by atoms with Gasteiger partial charge in [-0.2, -0.15) is 0 Å². The Hall–Kier alpha value is -3.27. The van der Waals surface area contributed by atoms with Crippen molar-refractivity contribution in [2.24, 2.45) is 0 Å². The smallest absolute Gasteiger partial charge is 0.144 e. The summed E-state index contributed by atoms with van der Waals surface area (Å²) in [4.78, 5) is 5.05. The van der Waals surface area contributed by atoms with E-state index in [1.54, 1.807) is 0 Å². The van der Waals surface area contributed by atoms with Gasteiger partial charge in [0.1, 0.15) is 11.5 Å². The van der Waals surface area contributed by atoms with Gasteiger partial charge in [0.15, 0.2) is 0 Å². The zero-order valence-electron chi connectivity index (χ0n) is 20.3. The maximum atomic E-state index is 6.85. The standard InChI is InChI=1S/C33H27BrOS/c1-33(2)28-19-9-10-21-30(28)35-32-29(33)20-12-22-31(32)36(25-14-5-3-6-15-25,26-16-7-4-8-17-26)27-18-11-13-24(34)23-27/h3-23H,1-2H3. The van der Waals surface area contributed by atoms with Crippen LogP contribution in [0.3, 0.4) is 0 Å². The van der Waals surface area contributed by atoms with Crippen LogP contribution in [0.1, 0.15) is 25.0 Å². The van der Waals surface area contributed by atoms with Crippen LogP contribution in [-0.2, 0) is 5.41 Å². The summed E-state index contributed by atoms with van der Waals surface area (Å²) in [5, 5.41) is 0. The Labute approximate surface area is 223 Å². The molecule has 0 amide bonds. The highest BCUT2D eigenvalue weighted by Gasteiger charge is 2.41. The van der Waals surface area contributed by atoms with Gasteiger partial charge in [-0.05, 0) is 54.6 Å². The molecule has 0 unspecified atom stereocenters. The molecule has 0 spiro atoms. The van der Waals surface area contributed by atoms with E-state index in [1.165, 1.54) is 30.7 Å². The van der Waals surface area contributed by atoms with Crippen LogP contribution < -0.4 is 4.74 Å². The fraction of sp³-hybridized carbons (Fsp3) is 0.0909. The van der Waals surface area contributed by atoms with Crippen LogP contribution in [0.2, 0.25) is 0 Å². The quantitative estimate of drug-likeness (QED) is 0.216. The Morgan fingerprint density at radius 1 is 0.583 bits per heavy atom. The second-order valence-corrected chi connectivity index (χ2v) is 13.5. The molecule has 36 heavy (non-hydrogen) atoms. The van der Waals surface area contributed by atoms with Crippen molar-refractivity contribution in [2.75, 3.05) is 0 Å². The van der Waals surface area contributed by atoms with Crippen LogP contribution in [0.15, 0.2) is 151 Å². The second-order valence-electron chi connectivity index (χ2n) is 9.55. The third kappa shape index (κ3) is 3.53. The molecule has 0 saturated heterocycles. The minimum Gasteiger partial charge on any atom is -0.456 e. The highest BCUT2D eigenvalue weighted by Crippen LogP contribution is 2.76. The third-order valence-electron chi connectivity index (χ3n) is 7.10. The molecule has 178 valence electrons.